The molecule has 1 aliphatic rings. The van der Waals surface area contributed by atoms with Gasteiger partial charge in [-0.3, -0.25) is 4.68 Å². The molecule has 1 heterocycles. The largest absolute Gasteiger partial charge is 0.315 e. The predicted octanol–water partition coefficient (Wildman–Crippen LogP) is 1.49. The van der Waals surface area contributed by atoms with Crippen LogP contribution in [-0.2, 0) is 16.6 Å². The molecule has 120 valence electrons. The summed E-state index contributed by atoms with van der Waals surface area (Å²) in [6, 6.07) is 0. The summed E-state index contributed by atoms with van der Waals surface area (Å²) in [5.41, 5.74) is -0.233. The quantitative estimate of drug-likeness (QED) is 0.677. The lowest BCUT2D eigenvalue weighted by Crippen LogP contribution is -2.52. The summed E-state index contributed by atoms with van der Waals surface area (Å²) in [6.45, 7) is 6.58. The van der Waals surface area contributed by atoms with Crippen LogP contribution < -0.4 is 10.0 Å². The van der Waals surface area contributed by atoms with E-state index in [1.807, 2.05) is 6.92 Å². The zero-order valence-electron chi connectivity index (χ0n) is 12.9. The van der Waals surface area contributed by atoms with Crippen LogP contribution in [-0.4, -0.2) is 36.8 Å². The fraction of sp³-hybridized carbons (Fsp3) is 0.786. The molecule has 1 aromatic heterocycles. The van der Waals surface area contributed by atoms with Crippen molar-refractivity contribution in [3.63, 3.8) is 0 Å². The van der Waals surface area contributed by atoms with Crippen LogP contribution in [0.4, 0.5) is 0 Å². The van der Waals surface area contributed by atoms with Crippen molar-refractivity contribution in [2.75, 3.05) is 13.1 Å². The number of aromatic nitrogens is 2. The maximum absolute atomic E-state index is 12.4. The van der Waals surface area contributed by atoms with E-state index < -0.39 is 10.0 Å². The number of nitrogens with one attached hydrogen (secondary N) is 2. The summed E-state index contributed by atoms with van der Waals surface area (Å²) < 4.78 is 29.4. The van der Waals surface area contributed by atoms with E-state index in [1.165, 1.54) is 6.20 Å². The number of hydrogen-bond acceptors (Lipinski definition) is 4. The normalized spacial score (nSPS) is 17.6. The molecular weight excluding hydrogens is 288 g/mol. The second kappa shape index (κ2) is 6.89. The highest BCUT2D eigenvalue weighted by atomic mass is 32.2. The Kier molecular flexibility index (Phi) is 5.40. The zero-order valence-corrected chi connectivity index (χ0v) is 13.7. The Morgan fingerprint density at radius 2 is 2.10 bits per heavy atom. The van der Waals surface area contributed by atoms with E-state index in [0.29, 0.717) is 6.54 Å². The van der Waals surface area contributed by atoms with Gasteiger partial charge in [0.1, 0.15) is 4.90 Å². The molecule has 0 aromatic carbocycles. The van der Waals surface area contributed by atoms with Gasteiger partial charge < -0.3 is 5.32 Å². The van der Waals surface area contributed by atoms with Gasteiger partial charge in [-0.25, -0.2) is 13.1 Å². The average Bonchev–Trinajstić information content (AvgIpc) is 2.89. The van der Waals surface area contributed by atoms with Gasteiger partial charge in [0.25, 0.3) is 0 Å². The molecule has 0 radical (unpaired) electrons. The van der Waals surface area contributed by atoms with E-state index in [-0.39, 0.29) is 10.4 Å². The molecule has 2 N–H and O–H groups in total. The fourth-order valence-corrected chi connectivity index (χ4v) is 4.06. The second-order valence-corrected chi connectivity index (χ2v) is 7.46. The van der Waals surface area contributed by atoms with Gasteiger partial charge in [-0.15, -0.1) is 0 Å². The van der Waals surface area contributed by atoms with Crippen molar-refractivity contribution in [3.05, 3.63) is 12.4 Å². The Morgan fingerprint density at radius 1 is 1.33 bits per heavy atom. The van der Waals surface area contributed by atoms with E-state index in [4.69, 9.17) is 0 Å². The van der Waals surface area contributed by atoms with E-state index in [2.05, 4.69) is 22.1 Å². The highest BCUT2D eigenvalue weighted by Crippen LogP contribution is 2.35. The molecule has 7 heteroatoms. The van der Waals surface area contributed by atoms with Gasteiger partial charge in [0.2, 0.25) is 10.0 Å². The Hall–Kier alpha value is -0.920. The summed E-state index contributed by atoms with van der Waals surface area (Å²) in [7, 11) is -3.46. The molecule has 1 fully saturated rings. The smallest absolute Gasteiger partial charge is 0.244 e. The third-order valence-corrected chi connectivity index (χ3v) is 5.74. The Bertz CT molecular complexity index is 544. The summed E-state index contributed by atoms with van der Waals surface area (Å²) in [5, 5.41) is 7.41. The van der Waals surface area contributed by atoms with Gasteiger partial charge in [0.15, 0.2) is 0 Å². The molecule has 1 aromatic rings. The van der Waals surface area contributed by atoms with Crippen LogP contribution in [0.1, 0.15) is 46.0 Å². The van der Waals surface area contributed by atoms with Crippen LogP contribution >= 0.6 is 0 Å². The molecule has 0 spiro atoms. The molecule has 0 saturated heterocycles. The minimum atomic E-state index is -3.46. The van der Waals surface area contributed by atoms with Crippen LogP contribution in [0.15, 0.2) is 17.3 Å². The van der Waals surface area contributed by atoms with Crippen LogP contribution in [0, 0.1) is 0 Å². The third-order valence-electron chi connectivity index (χ3n) is 4.20. The summed E-state index contributed by atoms with van der Waals surface area (Å²) in [6.07, 6.45) is 7.92. The van der Waals surface area contributed by atoms with E-state index in [1.54, 1.807) is 10.9 Å². The van der Waals surface area contributed by atoms with Crippen LogP contribution in [0.2, 0.25) is 0 Å². The molecule has 0 unspecified atom stereocenters. The first-order valence-corrected chi connectivity index (χ1v) is 9.27. The van der Waals surface area contributed by atoms with E-state index in [0.717, 1.165) is 45.2 Å². The van der Waals surface area contributed by atoms with Crippen molar-refractivity contribution in [2.24, 2.45) is 0 Å². The maximum Gasteiger partial charge on any atom is 0.244 e. The van der Waals surface area contributed by atoms with Crippen LogP contribution in [0.3, 0.4) is 0 Å². The minimum Gasteiger partial charge on any atom is -0.315 e. The van der Waals surface area contributed by atoms with Crippen molar-refractivity contribution in [2.45, 2.75) is 62.9 Å². The number of rotatable bonds is 9. The van der Waals surface area contributed by atoms with Gasteiger partial charge in [0, 0.05) is 18.3 Å². The average molecular weight is 314 g/mol. The molecule has 1 aliphatic carbocycles. The fourth-order valence-electron chi connectivity index (χ4n) is 2.58. The maximum atomic E-state index is 12.4. The lowest BCUT2D eigenvalue weighted by molar-refractivity contribution is 0.214. The van der Waals surface area contributed by atoms with Crippen LogP contribution in [0.5, 0.6) is 0 Å². The first-order chi connectivity index (χ1) is 10.0. The van der Waals surface area contributed by atoms with Crippen LogP contribution in [0.25, 0.3) is 0 Å². The highest BCUT2D eigenvalue weighted by molar-refractivity contribution is 7.89. The van der Waals surface area contributed by atoms with Crippen molar-refractivity contribution in [3.8, 4) is 0 Å². The van der Waals surface area contributed by atoms with Gasteiger partial charge in [-0.05, 0) is 38.6 Å². The Morgan fingerprint density at radius 3 is 2.67 bits per heavy atom. The molecule has 0 amide bonds. The van der Waals surface area contributed by atoms with Crippen molar-refractivity contribution >= 4 is 10.0 Å². The van der Waals surface area contributed by atoms with Gasteiger partial charge in [-0.1, -0.05) is 13.8 Å². The first-order valence-electron chi connectivity index (χ1n) is 7.78. The molecule has 6 nitrogen and oxygen atoms in total. The zero-order chi connectivity index (χ0) is 15.3. The lowest BCUT2D eigenvalue weighted by Gasteiger charge is -2.41. The summed E-state index contributed by atoms with van der Waals surface area (Å²) >= 11 is 0. The molecule has 0 bridgehead atoms. The van der Waals surface area contributed by atoms with E-state index >= 15 is 0 Å². The number of sulfonamides is 1. The van der Waals surface area contributed by atoms with Gasteiger partial charge >= 0.3 is 0 Å². The van der Waals surface area contributed by atoms with Crippen molar-refractivity contribution in [1.82, 2.24) is 19.8 Å². The minimum absolute atomic E-state index is 0.233. The summed E-state index contributed by atoms with van der Waals surface area (Å²) in [5.74, 6) is 0. The van der Waals surface area contributed by atoms with E-state index in [9.17, 15) is 8.42 Å². The molecular formula is C14H26N4O2S. The summed E-state index contributed by atoms with van der Waals surface area (Å²) in [4.78, 5) is 0.262. The Labute approximate surface area is 127 Å². The molecule has 0 atom stereocenters. The topological polar surface area (TPSA) is 76.0 Å². The lowest BCUT2D eigenvalue weighted by atomic mass is 9.76. The Balaban J connectivity index is 1.96. The monoisotopic (exact) mass is 314 g/mol. The molecule has 0 aliphatic heterocycles. The van der Waals surface area contributed by atoms with Gasteiger partial charge in [-0.2, -0.15) is 5.10 Å². The third kappa shape index (κ3) is 4.05. The second-order valence-electron chi connectivity index (χ2n) is 5.78. The predicted molar refractivity (Wildman–Crippen MR) is 82.6 cm³/mol. The highest BCUT2D eigenvalue weighted by Gasteiger charge is 2.39. The SMILES string of the molecule is CCCNCCn1cc(S(=O)(=O)NC2(CC)CCC2)cn1. The number of nitrogens with zero attached hydrogens (tertiary/aromatic N) is 2. The molecule has 2 rings (SSSR count). The van der Waals surface area contributed by atoms with Gasteiger partial charge in [0.05, 0.1) is 12.7 Å². The standard InChI is InChI=1S/C14H26N4O2S/c1-3-8-15-9-10-18-12-13(11-16-18)21(19,20)17-14(4-2)6-5-7-14/h11-12,15,17H,3-10H2,1-2H3. The number of hydrogen-bond donors (Lipinski definition) is 2. The van der Waals surface area contributed by atoms with Crippen molar-refractivity contribution < 1.29 is 8.42 Å². The van der Waals surface area contributed by atoms with Crippen molar-refractivity contribution in [1.29, 1.82) is 0 Å². The first kappa shape index (κ1) is 16.5. The molecule has 1 saturated carbocycles. The molecule has 21 heavy (non-hydrogen) atoms.